The molecule has 28 heavy (non-hydrogen) atoms. The Hall–Kier alpha value is -2.83. The SMILES string of the molecule is CN=C(NCc1oc2ccccc2c1C)NC1CCc2nc(C(C)C)nn2C1. The summed E-state index contributed by atoms with van der Waals surface area (Å²) < 4.78 is 8.02. The van der Waals surface area contributed by atoms with Crippen LogP contribution in [0.1, 0.15) is 49.2 Å². The number of benzene rings is 1. The average molecular weight is 380 g/mol. The van der Waals surface area contributed by atoms with E-state index < -0.39 is 0 Å². The molecule has 2 N–H and O–H groups in total. The molecule has 0 amide bonds. The van der Waals surface area contributed by atoms with Crippen molar-refractivity contribution in [2.75, 3.05) is 7.05 Å². The van der Waals surface area contributed by atoms with Gasteiger partial charge in [-0.2, -0.15) is 5.10 Å². The van der Waals surface area contributed by atoms with Crippen molar-refractivity contribution in [3.8, 4) is 0 Å². The summed E-state index contributed by atoms with van der Waals surface area (Å²) >= 11 is 0. The lowest BCUT2D eigenvalue weighted by molar-refractivity contribution is 0.391. The summed E-state index contributed by atoms with van der Waals surface area (Å²) in [4.78, 5) is 9.03. The molecule has 1 atom stereocenters. The Labute approximate surface area is 165 Å². The summed E-state index contributed by atoms with van der Waals surface area (Å²) in [6.07, 6.45) is 1.94. The number of nitrogens with zero attached hydrogens (tertiary/aromatic N) is 4. The Bertz CT molecular complexity index is 1000. The number of nitrogens with one attached hydrogen (secondary N) is 2. The molecule has 4 rings (SSSR count). The fourth-order valence-electron chi connectivity index (χ4n) is 3.64. The fourth-order valence-corrected chi connectivity index (χ4v) is 3.64. The Morgan fingerprint density at radius 3 is 2.93 bits per heavy atom. The molecule has 7 nitrogen and oxygen atoms in total. The van der Waals surface area contributed by atoms with Gasteiger partial charge in [0, 0.05) is 36.4 Å². The molecular weight excluding hydrogens is 352 g/mol. The van der Waals surface area contributed by atoms with E-state index in [-0.39, 0.29) is 6.04 Å². The van der Waals surface area contributed by atoms with Crippen LogP contribution in [0.15, 0.2) is 33.7 Å². The molecular formula is C21H28N6O. The van der Waals surface area contributed by atoms with Crippen molar-refractivity contribution < 1.29 is 4.42 Å². The van der Waals surface area contributed by atoms with E-state index in [4.69, 9.17) is 4.42 Å². The van der Waals surface area contributed by atoms with Crippen LogP contribution in [-0.2, 0) is 19.5 Å². The van der Waals surface area contributed by atoms with Crippen LogP contribution < -0.4 is 10.6 Å². The summed E-state index contributed by atoms with van der Waals surface area (Å²) in [5.74, 6) is 4.08. The monoisotopic (exact) mass is 380 g/mol. The standard InChI is InChI=1S/C21H28N6O/c1-13(2)20-25-19-10-9-15(12-27(19)26-20)24-21(22-4)23-11-18-14(3)16-7-5-6-8-17(16)28-18/h5-8,13,15H,9-12H2,1-4H3,(H2,22,23,24). The lowest BCUT2D eigenvalue weighted by Gasteiger charge is -2.25. The van der Waals surface area contributed by atoms with Gasteiger partial charge in [-0.15, -0.1) is 0 Å². The van der Waals surface area contributed by atoms with Gasteiger partial charge in [0.05, 0.1) is 13.1 Å². The van der Waals surface area contributed by atoms with Gasteiger partial charge < -0.3 is 15.1 Å². The van der Waals surface area contributed by atoms with Crippen molar-refractivity contribution in [2.24, 2.45) is 4.99 Å². The van der Waals surface area contributed by atoms with E-state index in [1.807, 2.05) is 22.9 Å². The second-order valence-corrected chi connectivity index (χ2v) is 7.68. The van der Waals surface area contributed by atoms with E-state index in [0.29, 0.717) is 12.5 Å². The second-order valence-electron chi connectivity index (χ2n) is 7.68. The molecule has 0 bridgehead atoms. The van der Waals surface area contributed by atoms with E-state index in [9.17, 15) is 0 Å². The first-order valence-corrected chi connectivity index (χ1v) is 9.93. The molecule has 2 aromatic heterocycles. The largest absolute Gasteiger partial charge is 0.459 e. The maximum absolute atomic E-state index is 5.99. The highest BCUT2D eigenvalue weighted by Crippen LogP contribution is 2.24. The average Bonchev–Trinajstić information content (AvgIpc) is 3.26. The topological polar surface area (TPSA) is 80.3 Å². The Balaban J connectivity index is 1.39. The number of rotatable bonds is 4. The van der Waals surface area contributed by atoms with Gasteiger partial charge in [-0.05, 0) is 19.4 Å². The Morgan fingerprint density at radius 2 is 2.18 bits per heavy atom. The third kappa shape index (κ3) is 3.61. The first kappa shape index (κ1) is 18.5. The number of aryl methyl sites for hydroxylation is 2. The molecule has 0 spiro atoms. The number of hydrogen-bond acceptors (Lipinski definition) is 4. The number of furan rings is 1. The molecule has 0 radical (unpaired) electrons. The number of aliphatic imine (C=N–C) groups is 1. The van der Waals surface area contributed by atoms with Crippen molar-refractivity contribution in [1.29, 1.82) is 0 Å². The first-order valence-electron chi connectivity index (χ1n) is 9.93. The van der Waals surface area contributed by atoms with Gasteiger partial charge in [0.2, 0.25) is 0 Å². The summed E-state index contributed by atoms with van der Waals surface area (Å²) in [6.45, 7) is 7.75. The van der Waals surface area contributed by atoms with Crippen molar-refractivity contribution in [1.82, 2.24) is 25.4 Å². The third-order valence-corrected chi connectivity index (χ3v) is 5.31. The van der Waals surface area contributed by atoms with Gasteiger partial charge in [-0.3, -0.25) is 4.99 Å². The number of hydrogen-bond donors (Lipinski definition) is 2. The highest BCUT2D eigenvalue weighted by atomic mass is 16.3. The van der Waals surface area contributed by atoms with Crippen LogP contribution in [-0.4, -0.2) is 33.8 Å². The van der Waals surface area contributed by atoms with Crippen LogP contribution >= 0.6 is 0 Å². The zero-order valence-corrected chi connectivity index (χ0v) is 17.0. The minimum atomic E-state index is 0.275. The summed E-state index contributed by atoms with van der Waals surface area (Å²) in [5, 5.41) is 12.7. The molecule has 0 saturated heterocycles. The molecule has 0 saturated carbocycles. The smallest absolute Gasteiger partial charge is 0.191 e. The highest BCUT2D eigenvalue weighted by Gasteiger charge is 2.23. The molecule has 1 aliphatic rings. The predicted molar refractivity (Wildman–Crippen MR) is 111 cm³/mol. The van der Waals surface area contributed by atoms with Gasteiger partial charge in [0.1, 0.15) is 17.2 Å². The van der Waals surface area contributed by atoms with E-state index in [1.165, 1.54) is 5.56 Å². The predicted octanol–water partition coefficient (Wildman–Crippen LogP) is 3.14. The van der Waals surface area contributed by atoms with Gasteiger partial charge >= 0.3 is 0 Å². The van der Waals surface area contributed by atoms with Gasteiger partial charge in [0.15, 0.2) is 11.8 Å². The third-order valence-electron chi connectivity index (χ3n) is 5.31. The number of aromatic nitrogens is 3. The van der Waals surface area contributed by atoms with E-state index in [1.54, 1.807) is 7.05 Å². The van der Waals surface area contributed by atoms with Crippen molar-refractivity contribution >= 4 is 16.9 Å². The zero-order chi connectivity index (χ0) is 19.7. The number of guanidine groups is 1. The van der Waals surface area contributed by atoms with Crippen LogP contribution in [0.5, 0.6) is 0 Å². The highest BCUT2D eigenvalue weighted by molar-refractivity contribution is 5.83. The quantitative estimate of drug-likeness (QED) is 0.537. The van der Waals surface area contributed by atoms with Crippen molar-refractivity contribution in [2.45, 2.75) is 58.7 Å². The van der Waals surface area contributed by atoms with Crippen molar-refractivity contribution in [3.05, 3.63) is 47.2 Å². The molecule has 3 heterocycles. The Kier molecular flexibility index (Phi) is 5.07. The minimum absolute atomic E-state index is 0.275. The van der Waals surface area contributed by atoms with Crippen LogP contribution in [0.2, 0.25) is 0 Å². The molecule has 0 aliphatic carbocycles. The maximum Gasteiger partial charge on any atom is 0.191 e. The molecule has 1 unspecified atom stereocenters. The second kappa shape index (κ2) is 7.66. The van der Waals surface area contributed by atoms with E-state index in [2.05, 4.69) is 52.5 Å². The summed E-state index contributed by atoms with van der Waals surface area (Å²) in [6, 6.07) is 8.40. The molecule has 1 aliphatic heterocycles. The maximum atomic E-state index is 5.99. The normalized spacial score (nSPS) is 17.2. The molecule has 3 aromatic rings. The zero-order valence-electron chi connectivity index (χ0n) is 17.0. The van der Waals surface area contributed by atoms with Gasteiger partial charge in [-0.25, -0.2) is 9.67 Å². The molecule has 0 fully saturated rings. The minimum Gasteiger partial charge on any atom is -0.459 e. The van der Waals surface area contributed by atoms with Crippen LogP contribution in [0.25, 0.3) is 11.0 Å². The van der Waals surface area contributed by atoms with Crippen LogP contribution in [0, 0.1) is 6.92 Å². The molecule has 148 valence electrons. The number of para-hydroxylation sites is 1. The lowest BCUT2D eigenvalue weighted by atomic mass is 10.1. The number of fused-ring (bicyclic) bond motifs is 2. The molecule has 7 heteroatoms. The van der Waals surface area contributed by atoms with E-state index in [0.717, 1.165) is 53.7 Å². The van der Waals surface area contributed by atoms with Crippen LogP contribution in [0.4, 0.5) is 0 Å². The van der Waals surface area contributed by atoms with Crippen LogP contribution in [0.3, 0.4) is 0 Å². The lowest BCUT2D eigenvalue weighted by Crippen LogP contribution is -2.46. The van der Waals surface area contributed by atoms with Crippen molar-refractivity contribution in [3.63, 3.8) is 0 Å². The fraction of sp³-hybridized carbons (Fsp3) is 0.476. The van der Waals surface area contributed by atoms with E-state index >= 15 is 0 Å². The summed E-state index contributed by atoms with van der Waals surface area (Å²) in [5.41, 5.74) is 2.09. The molecule has 1 aromatic carbocycles. The van der Waals surface area contributed by atoms with Gasteiger partial charge in [-0.1, -0.05) is 32.0 Å². The summed E-state index contributed by atoms with van der Waals surface area (Å²) in [7, 11) is 1.79. The van der Waals surface area contributed by atoms with Gasteiger partial charge in [0.25, 0.3) is 0 Å². The Morgan fingerprint density at radius 1 is 1.36 bits per heavy atom. The first-order chi connectivity index (χ1) is 13.5.